The van der Waals surface area contributed by atoms with E-state index >= 15 is 0 Å². The lowest BCUT2D eigenvalue weighted by Gasteiger charge is -2.67. The third-order valence-corrected chi connectivity index (χ3v) is 11.8. The van der Waals surface area contributed by atoms with E-state index in [1.54, 1.807) is 6.07 Å². The molecule has 19 heteroatoms. The average molecular weight is 854 g/mol. The standard InChI is InChI=1S/C42H47NO18/c1-20-17-28-27(15-12-16-43-28)38(51)54-18-39(7)29-30(55-22(3)45)34(58-25(6)48)41(19-53-21(2)44)35(60-37(50)26-13-10-9-11-14-26)31(56-23(4)46)33(59-36(20)49)40(8,52)42(41,61-39)32(29)57-24(5)47/h9-16,20,29-35,52H,17-19H2,1-8H3. The number of carbonyl (C=O) groups excluding carboxylic acids is 8. The molecule has 2 aromatic rings. The normalized spacial score (nSPS) is 35.2. The van der Waals surface area contributed by atoms with Crippen molar-refractivity contribution in [3.05, 3.63) is 65.5 Å². The van der Waals surface area contributed by atoms with Gasteiger partial charge in [0.1, 0.15) is 42.0 Å². The van der Waals surface area contributed by atoms with Crippen molar-refractivity contribution in [2.45, 2.75) is 115 Å². The maximum atomic E-state index is 14.4. The summed E-state index contributed by atoms with van der Waals surface area (Å²) in [5.74, 6) is -10.9. The van der Waals surface area contributed by atoms with Gasteiger partial charge in [0, 0.05) is 47.2 Å². The van der Waals surface area contributed by atoms with Gasteiger partial charge in [0.15, 0.2) is 30.0 Å². The first-order chi connectivity index (χ1) is 28.6. The molecule has 1 spiro atoms. The van der Waals surface area contributed by atoms with E-state index in [-0.39, 0.29) is 23.2 Å². The third kappa shape index (κ3) is 7.57. The van der Waals surface area contributed by atoms with Gasteiger partial charge >= 0.3 is 47.8 Å². The number of rotatable bonds is 8. The minimum absolute atomic E-state index is 0.0464. The van der Waals surface area contributed by atoms with Gasteiger partial charge in [-0.2, -0.15) is 0 Å². The van der Waals surface area contributed by atoms with E-state index in [0.29, 0.717) is 0 Å². The van der Waals surface area contributed by atoms with Crippen LogP contribution in [0.5, 0.6) is 0 Å². The Morgan fingerprint density at radius 3 is 1.97 bits per heavy atom. The summed E-state index contributed by atoms with van der Waals surface area (Å²) in [6.45, 7) is 7.08. The minimum atomic E-state index is -2.85. The fourth-order valence-electron chi connectivity index (χ4n) is 9.60. The highest BCUT2D eigenvalue weighted by atomic mass is 16.7. The summed E-state index contributed by atoms with van der Waals surface area (Å²) < 4.78 is 55.2. The van der Waals surface area contributed by atoms with Crippen LogP contribution in [0.1, 0.15) is 81.8 Å². The molecule has 19 nitrogen and oxygen atoms in total. The summed E-state index contributed by atoms with van der Waals surface area (Å²) in [6.07, 6.45) is -11.0. The van der Waals surface area contributed by atoms with Gasteiger partial charge in [-0.05, 0) is 38.1 Å². The van der Waals surface area contributed by atoms with Crippen molar-refractivity contribution in [1.82, 2.24) is 4.98 Å². The van der Waals surface area contributed by atoms with Gasteiger partial charge in [-0.1, -0.05) is 25.1 Å². The fourth-order valence-corrected chi connectivity index (χ4v) is 9.60. The molecule has 1 aromatic heterocycles. The number of pyridine rings is 1. The largest absolute Gasteiger partial charge is 0.465 e. The Labute approximate surface area is 349 Å². The first kappa shape index (κ1) is 44.6. The zero-order valence-electron chi connectivity index (χ0n) is 34.7. The van der Waals surface area contributed by atoms with Crippen LogP contribution in [0.25, 0.3) is 0 Å². The number of aliphatic hydroxyl groups is 1. The molecule has 12 atom stereocenters. The fraction of sp³-hybridized carbons (Fsp3) is 0.548. The van der Waals surface area contributed by atoms with E-state index in [1.807, 2.05) is 0 Å². The highest BCUT2D eigenvalue weighted by Gasteiger charge is 2.92. The molecule has 3 heterocycles. The quantitative estimate of drug-likeness (QED) is 0.293. The van der Waals surface area contributed by atoms with Gasteiger partial charge in [0.25, 0.3) is 0 Å². The Balaban J connectivity index is 1.80. The van der Waals surface area contributed by atoms with Gasteiger partial charge in [-0.3, -0.25) is 33.8 Å². The van der Waals surface area contributed by atoms with Crippen molar-refractivity contribution >= 4 is 47.8 Å². The average Bonchev–Trinajstić information content (AvgIpc) is 3.40. The SMILES string of the molecule is CC(=O)OCC12C(OC(C)=O)C(OC(C)=O)C3C(OC(C)=O)C14OC3(C)COC(=O)c1cccnc1CC(C)C(=O)OC(C(OC(C)=O)C2OC(=O)c1ccccc1)C4(C)O. The molecule has 328 valence electrons. The molecule has 4 aliphatic rings. The predicted molar refractivity (Wildman–Crippen MR) is 201 cm³/mol. The second kappa shape index (κ2) is 16.5. The summed E-state index contributed by atoms with van der Waals surface area (Å²) in [6, 6.07) is 10.3. The molecule has 2 aliphatic heterocycles. The molecule has 0 amide bonds. The van der Waals surface area contributed by atoms with Crippen LogP contribution in [0, 0.1) is 17.3 Å². The lowest BCUT2D eigenvalue weighted by atomic mass is 9.45. The first-order valence-electron chi connectivity index (χ1n) is 19.4. The number of carbonyl (C=O) groups is 8. The van der Waals surface area contributed by atoms with E-state index in [2.05, 4.69) is 4.98 Å². The molecule has 1 saturated heterocycles. The zero-order valence-corrected chi connectivity index (χ0v) is 34.7. The van der Waals surface area contributed by atoms with Gasteiger partial charge in [0.05, 0.1) is 28.7 Å². The van der Waals surface area contributed by atoms with Crippen LogP contribution in [0.15, 0.2) is 48.7 Å². The number of esters is 8. The molecule has 4 bridgehead atoms. The molecular weight excluding hydrogens is 806 g/mol. The first-order valence-corrected chi connectivity index (χ1v) is 19.4. The van der Waals surface area contributed by atoms with Crippen LogP contribution < -0.4 is 0 Å². The minimum Gasteiger partial charge on any atom is -0.465 e. The summed E-state index contributed by atoms with van der Waals surface area (Å²) in [4.78, 5) is 113. The number of benzene rings is 1. The molecular formula is C42H47NO18. The highest BCUT2D eigenvalue weighted by molar-refractivity contribution is 5.91. The Hall–Kier alpha value is -5.95. The van der Waals surface area contributed by atoms with Crippen molar-refractivity contribution in [3.63, 3.8) is 0 Å². The number of hydrogen-bond donors (Lipinski definition) is 1. The molecule has 0 radical (unpaired) electrons. The lowest BCUT2D eigenvalue weighted by Crippen LogP contribution is -2.89. The Kier molecular flexibility index (Phi) is 12.1. The smallest absolute Gasteiger partial charge is 0.340 e. The van der Waals surface area contributed by atoms with Crippen molar-refractivity contribution in [1.29, 1.82) is 0 Å². The summed E-state index contributed by atoms with van der Waals surface area (Å²) >= 11 is 0. The van der Waals surface area contributed by atoms with Crippen molar-refractivity contribution in [3.8, 4) is 0 Å². The van der Waals surface area contributed by atoms with Crippen LogP contribution in [0.2, 0.25) is 0 Å². The maximum absolute atomic E-state index is 14.4. The molecule has 6 rings (SSSR count). The molecule has 2 saturated carbocycles. The van der Waals surface area contributed by atoms with Gasteiger partial charge in [-0.25, -0.2) is 9.59 Å². The van der Waals surface area contributed by atoms with E-state index in [1.165, 1.54) is 56.4 Å². The maximum Gasteiger partial charge on any atom is 0.340 e. The Bertz CT molecular complexity index is 2120. The molecule has 3 fully saturated rings. The van der Waals surface area contributed by atoms with Gasteiger partial charge in [-0.15, -0.1) is 0 Å². The van der Waals surface area contributed by atoms with Crippen molar-refractivity contribution in [2.24, 2.45) is 17.3 Å². The van der Waals surface area contributed by atoms with Crippen LogP contribution >= 0.6 is 0 Å². The van der Waals surface area contributed by atoms with E-state index in [0.717, 1.165) is 41.5 Å². The topological polar surface area (TPSA) is 253 Å². The number of ether oxygens (including phenoxy) is 9. The van der Waals surface area contributed by atoms with Crippen LogP contribution in [-0.2, 0) is 77.8 Å². The summed E-state index contributed by atoms with van der Waals surface area (Å²) in [7, 11) is 0. The van der Waals surface area contributed by atoms with Crippen LogP contribution in [-0.4, -0.2) is 124 Å². The Morgan fingerprint density at radius 2 is 1.36 bits per heavy atom. The number of fused-ring (bicyclic) bond motifs is 5. The monoisotopic (exact) mass is 853 g/mol. The second-order valence-corrected chi connectivity index (χ2v) is 16.1. The zero-order chi connectivity index (χ0) is 44.8. The number of hydrogen-bond acceptors (Lipinski definition) is 19. The van der Waals surface area contributed by atoms with Crippen LogP contribution in [0.4, 0.5) is 0 Å². The highest BCUT2D eigenvalue weighted by Crippen LogP contribution is 2.70. The van der Waals surface area contributed by atoms with Crippen molar-refractivity contribution < 1.29 is 86.1 Å². The number of aromatic nitrogens is 1. The molecule has 2 aliphatic carbocycles. The van der Waals surface area contributed by atoms with E-state index < -0.39 is 132 Å². The Morgan fingerprint density at radius 1 is 0.770 bits per heavy atom. The van der Waals surface area contributed by atoms with Crippen LogP contribution in [0.3, 0.4) is 0 Å². The summed E-state index contributed by atoms with van der Waals surface area (Å²) in [5, 5.41) is 13.5. The number of nitrogens with zero attached hydrogens (tertiary/aromatic N) is 1. The number of cyclic esters (lactones) is 1. The van der Waals surface area contributed by atoms with E-state index in [9.17, 15) is 43.5 Å². The predicted octanol–water partition coefficient (Wildman–Crippen LogP) is 1.77. The molecule has 1 N–H and O–H groups in total. The van der Waals surface area contributed by atoms with Gasteiger partial charge in [0.2, 0.25) is 0 Å². The lowest BCUT2D eigenvalue weighted by molar-refractivity contribution is -0.385. The third-order valence-electron chi connectivity index (χ3n) is 11.8. The van der Waals surface area contributed by atoms with Gasteiger partial charge < -0.3 is 47.7 Å². The second-order valence-electron chi connectivity index (χ2n) is 16.1. The van der Waals surface area contributed by atoms with Crippen molar-refractivity contribution in [2.75, 3.05) is 13.2 Å². The molecule has 61 heavy (non-hydrogen) atoms. The molecule has 1 aromatic carbocycles. The molecule has 12 unspecified atom stereocenters. The van der Waals surface area contributed by atoms with E-state index in [4.69, 9.17) is 42.6 Å². The summed E-state index contributed by atoms with van der Waals surface area (Å²) in [5.41, 5.74) is -10.4.